The maximum absolute atomic E-state index is 13.8. The molecule has 18 heavy (non-hydrogen) atoms. The molecule has 1 aromatic heterocycles. The molecule has 2 aromatic rings. The number of aromatic nitrogens is 2. The molecule has 0 radical (unpaired) electrons. The first kappa shape index (κ1) is 12.5. The molecule has 0 unspecified atom stereocenters. The van der Waals surface area contributed by atoms with Crippen molar-refractivity contribution >= 4 is 17.0 Å². The fourth-order valence-electron chi connectivity index (χ4n) is 1.31. The Morgan fingerprint density at radius 2 is 2.11 bits per heavy atom. The molecule has 0 fully saturated rings. The molecule has 0 aliphatic heterocycles. The van der Waals surface area contributed by atoms with Crippen molar-refractivity contribution in [3.05, 3.63) is 38.9 Å². The summed E-state index contributed by atoms with van der Waals surface area (Å²) in [5, 5.41) is 18.3. The lowest BCUT2D eigenvalue weighted by Gasteiger charge is -2.00. The van der Waals surface area contributed by atoms with Gasteiger partial charge in [-0.1, -0.05) is 11.3 Å². The van der Waals surface area contributed by atoms with Gasteiger partial charge in [-0.15, -0.1) is 10.2 Å². The highest BCUT2D eigenvalue weighted by Gasteiger charge is 2.23. The van der Waals surface area contributed by atoms with Gasteiger partial charge in [-0.05, 0) is 6.07 Å². The van der Waals surface area contributed by atoms with E-state index in [4.69, 9.17) is 5.73 Å². The zero-order chi connectivity index (χ0) is 13.3. The number of hydrogen-bond donors (Lipinski definition) is 1. The molecule has 0 bridgehead atoms. The smallest absolute Gasteiger partial charge is 0.308 e. The van der Waals surface area contributed by atoms with Gasteiger partial charge in [0.15, 0.2) is 5.01 Å². The van der Waals surface area contributed by atoms with Gasteiger partial charge in [-0.3, -0.25) is 10.1 Å². The van der Waals surface area contributed by atoms with Crippen LogP contribution in [0.15, 0.2) is 12.1 Å². The molecule has 0 saturated heterocycles. The van der Waals surface area contributed by atoms with E-state index in [9.17, 15) is 18.9 Å². The van der Waals surface area contributed by atoms with E-state index in [1.54, 1.807) is 0 Å². The SMILES string of the molecule is NCc1nnc(-c2cc(F)cc([N+](=O)[O-])c2F)s1. The van der Waals surface area contributed by atoms with Crippen LogP contribution in [0.4, 0.5) is 14.5 Å². The molecule has 0 spiro atoms. The topological polar surface area (TPSA) is 94.9 Å². The van der Waals surface area contributed by atoms with Crippen LogP contribution in [-0.4, -0.2) is 15.1 Å². The zero-order valence-corrected chi connectivity index (χ0v) is 9.58. The van der Waals surface area contributed by atoms with Crippen molar-refractivity contribution in [3.8, 4) is 10.6 Å². The maximum atomic E-state index is 13.8. The number of halogens is 2. The quantitative estimate of drug-likeness (QED) is 0.679. The van der Waals surface area contributed by atoms with Gasteiger partial charge in [-0.2, -0.15) is 4.39 Å². The number of nitrogens with two attached hydrogens (primary N) is 1. The summed E-state index contributed by atoms with van der Waals surface area (Å²) in [6.45, 7) is 0.108. The molecular formula is C9H6F2N4O2S. The molecule has 2 rings (SSSR count). The minimum Gasteiger partial charge on any atom is -0.324 e. The minimum absolute atomic E-state index is 0.0514. The Balaban J connectivity index is 2.60. The van der Waals surface area contributed by atoms with Crippen molar-refractivity contribution in [2.75, 3.05) is 0 Å². The van der Waals surface area contributed by atoms with Crippen LogP contribution >= 0.6 is 11.3 Å². The standard InChI is InChI=1S/C9H6F2N4O2S/c10-4-1-5(8(11)6(2-4)15(16)17)9-14-13-7(3-12)18-9/h1-2H,3,12H2. The largest absolute Gasteiger partial charge is 0.324 e. The third kappa shape index (κ3) is 2.17. The summed E-state index contributed by atoms with van der Waals surface area (Å²) in [7, 11) is 0. The van der Waals surface area contributed by atoms with E-state index in [0.29, 0.717) is 11.1 Å². The third-order valence-corrected chi connectivity index (χ3v) is 3.07. The number of nitro benzene ring substituents is 1. The van der Waals surface area contributed by atoms with Crippen molar-refractivity contribution in [3.63, 3.8) is 0 Å². The van der Waals surface area contributed by atoms with Gasteiger partial charge in [0.2, 0.25) is 5.82 Å². The van der Waals surface area contributed by atoms with Crippen LogP contribution in [0, 0.1) is 21.7 Å². The summed E-state index contributed by atoms with van der Waals surface area (Å²) in [6.07, 6.45) is 0. The highest BCUT2D eigenvalue weighted by atomic mass is 32.1. The average molecular weight is 272 g/mol. The first-order valence-electron chi connectivity index (χ1n) is 4.69. The molecule has 94 valence electrons. The molecule has 0 amide bonds. The lowest BCUT2D eigenvalue weighted by Crippen LogP contribution is -1.96. The van der Waals surface area contributed by atoms with E-state index in [2.05, 4.69) is 10.2 Å². The van der Waals surface area contributed by atoms with Gasteiger partial charge in [0.05, 0.1) is 16.6 Å². The Hall–Kier alpha value is -2.00. The second-order valence-electron chi connectivity index (χ2n) is 3.25. The van der Waals surface area contributed by atoms with Gasteiger partial charge in [0.1, 0.15) is 10.8 Å². The number of benzene rings is 1. The van der Waals surface area contributed by atoms with E-state index in [1.807, 2.05) is 0 Å². The lowest BCUT2D eigenvalue weighted by atomic mass is 10.2. The van der Waals surface area contributed by atoms with E-state index in [1.165, 1.54) is 0 Å². The average Bonchev–Trinajstić information content (AvgIpc) is 2.79. The van der Waals surface area contributed by atoms with Gasteiger partial charge < -0.3 is 5.73 Å². The molecule has 0 aliphatic rings. The predicted octanol–water partition coefficient (Wildman–Crippen LogP) is 1.85. The Bertz CT molecular complexity index is 617. The highest BCUT2D eigenvalue weighted by molar-refractivity contribution is 7.14. The molecule has 9 heteroatoms. The third-order valence-electron chi connectivity index (χ3n) is 2.09. The van der Waals surface area contributed by atoms with Crippen molar-refractivity contribution in [2.45, 2.75) is 6.54 Å². The number of hydrogen-bond acceptors (Lipinski definition) is 6. The van der Waals surface area contributed by atoms with E-state index in [0.717, 1.165) is 17.4 Å². The fourth-order valence-corrected chi connectivity index (χ4v) is 2.04. The molecule has 6 nitrogen and oxygen atoms in total. The predicted molar refractivity (Wildman–Crippen MR) is 59.8 cm³/mol. The fraction of sp³-hybridized carbons (Fsp3) is 0.111. The summed E-state index contributed by atoms with van der Waals surface area (Å²) in [6, 6.07) is 1.35. The molecule has 1 heterocycles. The molecular weight excluding hydrogens is 266 g/mol. The van der Waals surface area contributed by atoms with Gasteiger partial charge in [0.25, 0.3) is 0 Å². The monoisotopic (exact) mass is 272 g/mol. The van der Waals surface area contributed by atoms with Crippen LogP contribution in [0.2, 0.25) is 0 Å². The second kappa shape index (κ2) is 4.70. The molecule has 2 N–H and O–H groups in total. The molecule has 0 aliphatic carbocycles. The second-order valence-corrected chi connectivity index (χ2v) is 4.31. The van der Waals surface area contributed by atoms with Crippen molar-refractivity contribution in [2.24, 2.45) is 5.73 Å². The number of rotatable bonds is 3. The van der Waals surface area contributed by atoms with Crippen LogP contribution < -0.4 is 5.73 Å². The van der Waals surface area contributed by atoms with Crippen molar-refractivity contribution in [1.82, 2.24) is 10.2 Å². The Kier molecular flexibility index (Phi) is 3.26. The first-order valence-corrected chi connectivity index (χ1v) is 5.51. The number of nitro groups is 1. The van der Waals surface area contributed by atoms with Crippen LogP contribution in [-0.2, 0) is 6.54 Å². The molecule has 0 atom stereocenters. The summed E-state index contributed by atoms with van der Waals surface area (Å²) >= 11 is 0.953. The van der Waals surface area contributed by atoms with Gasteiger partial charge in [-0.25, -0.2) is 4.39 Å². The van der Waals surface area contributed by atoms with E-state index < -0.39 is 22.2 Å². The Morgan fingerprint density at radius 1 is 1.39 bits per heavy atom. The molecule has 1 aromatic carbocycles. The molecule has 0 saturated carbocycles. The summed E-state index contributed by atoms with van der Waals surface area (Å²) in [5.41, 5.74) is 4.09. The van der Waals surface area contributed by atoms with Crippen LogP contribution in [0.25, 0.3) is 10.6 Å². The minimum atomic E-state index is -1.14. The number of nitrogens with zero attached hydrogens (tertiary/aromatic N) is 3. The lowest BCUT2D eigenvalue weighted by molar-refractivity contribution is -0.387. The van der Waals surface area contributed by atoms with Crippen LogP contribution in [0.3, 0.4) is 0 Å². The zero-order valence-electron chi connectivity index (χ0n) is 8.76. The van der Waals surface area contributed by atoms with E-state index >= 15 is 0 Å². The van der Waals surface area contributed by atoms with E-state index in [-0.39, 0.29) is 17.1 Å². The first-order chi connectivity index (χ1) is 8.52. The van der Waals surface area contributed by atoms with Gasteiger partial charge >= 0.3 is 5.69 Å². The summed E-state index contributed by atoms with van der Waals surface area (Å²) in [4.78, 5) is 9.57. The summed E-state index contributed by atoms with van der Waals surface area (Å²) < 4.78 is 27.0. The Labute approximate surface area is 103 Å². The maximum Gasteiger partial charge on any atom is 0.308 e. The van der Waals surface area contributed by atoms with Crippen molar-refractivity contribution in [1.29, 1.82) is 0 Å². The van der Waals surface area contributed by atoms with Crippen LogP contribution in [0.1, 0.15) is 5.01 Å². The summed E-state index contributed by atoms with van der Waals surface area (Å²) in [5.74, 6) is -2.05. The normalized spacial score (nSPS) is 10.6. The Morgan fingerprint density at radius 3 is 2.67 bits per heavy atom. The van der Waals surface area contributed by atoms with Gasteiger partial charge in [0, 0.05) is 6.54 Å². The highest BCUT2D eigenvalue weighted by Crippen LogP contribution is 2.31. The van der Waals surface area contributed by atoms with Crippen molar-refractivity contribution < 1.29 is 13.7 Å². The van der Waals surface area contributed by atoms with Crippen LogP contribution in [0.5, 0.6) is 0 Å².